The molecule has 3 rings (SSSR count). The van der Waals surface area contributed by atoms with Crippen molar-refractivity contribution in [1.29, 1.82) is 0 Å². The van der Waals surface area contributed by atoms with E-state index in [1.54, 1.807) is 17.5 Å². The molecule has 0 aliphatic carbocycles. The van der Waals surface area contributed by atoms with Crippen molar-refractivity contribution >= 4 is 17.0 Å². The number of benzene rings is 1. The maximum Gasteiger partial charge on any atom is 0.121 e. The zero-order valence-electron chi connectivity index (χ0n) is 12.1. The van der Waals surface area contributed by atoms with Gasteiger partial charge in [-0.05, 0) is 30.7 Å². The number of nitrogens with two attached hydrogens (primary N) is 1. The third-order valence-corrected chi connectivity index (χ3v) is 4.05. The van der Waals surface area contributed by atoms with Crippen LogP contribution in [0.15, 0.2) is 54.0 Å². The summed E-state index contributed by atoms with van der Waals surface area (Å²) < 4.78 is 5.68. The molecule has 0 amide bonds. The largest absolute Gasteiger partial charge is 0.494 e. The topological polar surface area (TPSA) is 61.0 Å². The Kier molecular flexibility index (Phi) is 4.65. The lowest BCUT2D eigenvalue weighted by atomic mass is 10.3. The Hall–Kier alpha value is -2.40. The monoisotopic (exact) mass is 311 g/mol. The standard InChI is InChI=1S/C17H17N3OS/c18-13-5-3-6-14(11-13)21-10-4-8-17-20-16(12-22-17)15-7-1-2-9-19-15/h1-3,5-7,9,11-12H,4,8,10,18H2. The molecule has 5 heteroatoms. The number of aromatic nitrogens is 2. The first-order valence-electron chi connectivity index (χ1n) is 7.15. The number of nitrogen functional groups attached to an aromatic ring is 1. The number of rotatable bonds is 6. The summed E-state index contributed by atoms with van der Waals surface area (Å²) in [5.41, 5.74) is 8.30. The van der Waals surface area contributed by atoms with E-state index >= 15 is 0 Å². The molecule has 22 heavy (non-hydrogen) atoms. The summed E-state index contributed by atoms with van der Waals surface area (Å²) in [6.45, 7) is 0.655. The van der Waals surface area contributed by atoms with Crippen LogP contribution in [0, 0.1) is 0 Å². The predicted octanol–water partition coefficient (Wildman–Crippen LogP) is 3.80. The molecular weight excluding hydrogens is 294 g/mol. The van der Waals surface area contributed by atoms with E-state index < -0.39 is 0 Å². The Labute approximate surface area is 133 Å². The summed E-state index contributed by atoms with van der Waals surface area (Å²) in [7, 11) is 0. The van der Waals surface area contributed by atoms with Gasteiger partial charge in [0.25, 0.3) is 0 Å². The summed E-state index contributed by atoms with van der Waals surface area (Å²) in [5.74, 6) is 0.813. The third kappa shape index (κ3) is 3.83. The van der Waals surface area contributed by atoms with Gasteiger partial charge < -0.3 is 10.5 Å². The SMILES string of the molecule is Nc1cccc(OCCCc2nc(-c3ccccn3)cs2)c1. The van der Waals surface area contributed by atoms with E-state index in [4.69, 9.17) is 10.5 Å². The Morgan fingerprint density at radius 3 is 2.86 bits per heavy atom. The summed E-state index contributed by atoms with van der Waals surface area (Å²) in [5, 5.41) is 3.16. The van der Waals surface area contributed by atoms with Crippen LogP contribution in [-0.4, -0.2) is 16.6 Å². The molecule has 4 nitrogen and oxygen atoms in total. The molecular formula is C17H17N3OS. The molecule has 0 aliphatic heterocycles. The van der Waals surface area contributed by atoms with E-state index in [-0.39, 0.29) is 0 Å². The first-order chi connectivity index (χ1) is 10.8. The van der Waals surface area contributed by atoms with E-state index in [0.717, 1.165) is 40.7 Å². The summed E-state index contributed by atoms with van der Waals surface area (Å²) in [6.07, 6.45) is 3.61. The van der Waals surface area contributed by atoms with Crippen LogP contribution in [0.2, 0.25) is 0 Å². The van der Waals surface area contributed by atoms with Crippen molar-refractivity contribution in [3.63, 3.8) is 0 Å². The molecule has 0 saturated heterocycles. The number of hydrogen-bond donors (Lipinski definition) is 1. The van der Waals surface area contributed by atoms with Crippen LogP contribution in [0.1, 0.15) is 11.4 Å². The van der Waals surface area contributed by atoms with Crippen LogP contribution in [0.5, 0.6) is 5.75 Å². The summed E-state index contributed by atoms with van der Waals surface area (Å²) in [6, 6.07) is 13.3. The number of thiazole rings is 1. The Balaban J connectivity index is 1.49. The van der Waals surface area contributed by atoms with Crippen LogP contribution in [0.3, 0.4) is 0 Å². The smallest absolute Gasteiger partial charge is 0.121 e. The lowest BCUT2D eigenvalue weighted by Gasteiger charge is -2.05. The molecule has 2 N–H and O–H groups in total. The minimum absolute atomic E-state index is 0.655. The fourth-order valence-electron chi connectivity index (χ4n) is 2.08. The van der Waals surface area contributed by atoms with Gasteiger partial charge in [0.1, 0.15) is 5.75 Å². The van der Waals surface area contributed by atoms with Gasteiger partial charge in [-0.25, -0.2) is 4.98 Å². The first-order valence-corrected chi connectivity index (χ1v) is 8.03. The van der Waals surface area contributed by atoms with Gasteiger partial charge in [0, 0.05) is 29.8 Å². The van der Waals surface area contributed by atoms with Crippen LogP contribution < -0.4 is 10.5 Å². The second-order valence-electron chi connectivity index (χ2n) is 4.87. The fourth-order valence-corrected chi connectivity index (χ4v) is 2.91. The molecule has 112 valence electrons. The molecule has 0 spiro atoms. The molecule has 0 fully saturated rings. The average molecular weight is 311 g/mol. The number of hydrogen-bond acceptors (Lipinski definition) is 5. The van der Waals surface area contributed by atoms with Gasteiger partial charge in [0.15, 0.2) is 0 Å². The molecule has 3 aromatic rings. The molecule has 0 bridgehead atoms. The van der Waals surface area contributed by atoms with E-state index in [0.29, 0.717) is 6.61 Å². The highest BCUT2D eigenvalue weighted by atomic mass is 32.1. The molecule has 2 aromatic heterocycles. The maximum atomic E-state index is 5.72. The lowest BCUT2D eigenvalue weighted by molar-refractivity contribution is 0.311. The zero-order chi connectivity index (χ0) is 15.2. The number of anilines is 1. The highest BCUT2D eigenvalue weighted by Crippen LogP contribution is 2.21. The van der Waals surface area contributed by atoms with Crippen molar-refractivity contribution in [3.8, 4) is 17.1 Å². The van der Waals surface area contributed by atoms with E-state index in [9.17, 15) is 0 Å². The minimum atomic E-state index is 0.655. The van der Waals surface area contributed by atoms with E-state index in [1.807, 2.05) is 42.5 Å². The normalized spacial score (nSPS) is 10.5. The molecule has 0 saturated carbocycles. The quantitative estimate of drug-likeness (QED) is 0.555. The second-order valence-corrected chi connectivity index (χ2v) is 5.81. The highest BCUT2D eigenvalue weighted by Gasteiger charge is 2.05. The van der Waals surface area contributed by atoms with E-state index in [1.165, 1.54) is 0 Å². The summed E-state index contributed by atoms with van der Waals surface area (Å²) in [4.78, 5) is 8.93. The molecule has 0 radical (unpaired) electrons. The molecule has 0 atom stereocenters. The van der Waals surface area contributed by atoms with Crippen LogP contribution in [0.4, 0.5) is 5.69 Å². The van der Waals surface area contributed by atoms with Crippen molar-refractivity contribution in [2.75, 3.05) is 12.3 Å². The Bertz CT molecular complexity index is 728. The first kappa shape index (κ1) is 14.5. The van der Waals surface area contributed by atoms with Gasteiger partial charge in [-0.1, -0.05) is 12.1 Å². The van der Waals surface area contributed by atoms with E-state index in [2.05, 4.69) is 15.3 Å². The summed E-state index contributed by atoms with van der Waals surface area (Å²) >= 11 is 1.67. The minimum Gasteiger partial charge on any atom is -0.494 e. The number of nitrogens with zero attached hydrogens (tertiary/aromatic N) is 2. The van der Waals surface area contributed by atoms with Crippen LogP contribution in [-0.2, 0) is 6.42 Å². The number of pyridine rings is 1. The van der Waals surface area contributed by atoms with Gasteiger partial charge in [-0.3, -0.25) is 4.98 Å². The Morgan fingerprint density at radius 1 is 1.09 bits per heavy atom. The maximum absolute atomic E-state index is 5.72. The average Bonchev–Trinajstić information content (AvgIpc) is 3.01. The fraction of sp³-hybridized carbons (Fsp3) is 0.176. The van der Waals surface area contributed by atoms with Crippen LogP contribution >= 0.6 is 11.3 Å². The van der Waals surface area contributed by atoms with Crippen molar-refractivity contribution in [2.45, 2.75) is 12.8 Å². The van der Waals surface area contributed by atoms with Crippen LogP contribution in [0.25, 0.3) is 11.4 Å². The van der Waals surface area contributed by atoms with Gasteiger partial charge in [0.05, 0.1) is 23.0 Å². The van der Waals surface area contributed by atoms with Crippen molar-refractivity contribution in [3.05, 3.63) is 59.0 Å². The van der Waals surface area contributed by atoms with Gasteiger partial charge in [0.2, 0.25) is 0 Å². The van der Waals surface area contributed by atoms with Gasteiger partial charge in [-0.2, -0.15) is 0 Å². The molecule has 0 aliphatic rings. The van der Waals surface area contributed by atoms with Crippen molar-refractivity contribution < 1.29 is 4.74 Å². The lowest BCUT2D eigenvalue weighted by Crippen LogP contribution is -1.99. The zero-order valence-corrected chi connectivity index (χ0v) is 12.9. The molecule has 0 unspecified atom stereocenters. The molecule has 2 heterocycles. The Morgan fingerprint density at radius 2 is 2.05 bits per heavy atom. The van der Waals surface area contributed by atoms with Crippen molar-refractivity contribution in [2.24, 2.45) is 0 Å². The predicted molar refractivity (Wildman–Crippen MR) is 90.0 cm³/mol. The van der Waals surface area contributed by atoms with Gasteiger partial charge >= 0.3 is 0 Å². The second kappa shape index (κ2) is 7.04. The number of aryl methyl sites for hydroxylation is 1. The van der Waals surface area contributed by atoms with Gasteiger partial charge in [-0.15, -0.1) is 11.3 Å². The highest BCUT2D eigenvalue weighted by molar-refractivity contribution is 7.09. The number of ether oxygens (including phenoxy) is 1. The third-order valence-electron chi connectivity index (χ3n) is 3.14. The molecule has 1 aromatic carbocycles. The van der Waals surface area contributed by atoms with Crippen molar-refractivity contribution in [1.82, 2.24) is 9.97 Å².